The monoisotopic (exact) mass is 1270 g/mol. The van der Waals surface area contributed by atoms with Gasteiger partial charge >= 0.3 is 7.12 Å². The molecule has 94 heavy (non-hydrogen) atoms. The Morgan fingerprint density at radius 2 is 0.585 bits per heavy atom. The van der Waals surface area contributed by atoms with E-state index in [1.807, 2.05) is 218 Å². The van der Waals surface area contributed by atoms with Crippen molar-refractivity contribution < 1.29 is 31.4 Å². The van der Waals surface area contributed by atoms with E-state index < -0.39 is 0 Å². The Balaban J connectivity index is 0.000000128. The van der Waals surface area contributed by atoms with Crippen molar-refractivity contribution in [2.45, 2.75) is 38.9 Å². The standard InChI is InChI=1S/C41H23N5O3.C19H20BNO3.C15H7Cl2N3O/c1-4-10-33-29(7-1)30-23-28(21-22-34(30)47-33)39-45-37(24-13-17-26(18-14-24)40-42-31-8-2-5-11-35(31)48-40)44-38(46-39)25-15-19-27(20-16-25)41-43-32-9-3-6-12-36(32)49-41;1-18(2)19(3,4)24-20(23-18)14-11-9-13(10-12-14)17-21-15-7-5-6-8-16(15)22-17;16-14-18-13(19-15(17)20-14)8-5-6-12-10(7-8)9-3-1-2-4-11(9)21-12/h1-23H;5-12H,1-4H3;1-7H. The normalized spacial score (nSPS) is 13.5. The molecule has 454 valence electrons. The lowest BCUT2D eigenvalue weighted by Gasteiger charge is -2.32. The van der Waals surface area contributed by atoms with Crippen LogP contribution in [0.3, 0.4) is 0 Å². The number of hydrogen-bond donors (Lipinski definition) is 0. The third kappa shape index (κ3) is 11.2. The minimum Gasteiger partial charge on any atom is -0.456 e. The number of hydrogen-bond acceptors (Lipinski definition) is 16. The molecule has 1 fully saturated rings. The number of fused-ring (bicyclic) bond motifs is 9. The van der Waals surface area contributed by atoms with Gasteiger partial charge < -0.3 is 31.4 Å². The van der Waals surface area contributed by atoms with E-state index in [1.54, 1.807) is 0 Å². The molecule has 10 aromatic carbocycles. The molecule has 8 heterocycles. The molecule has 0 atom stereocenters. The topological polar surface area (TPSA) is 200 Å². The molecule has 1 aliphatic heterocycles. The highest BCUT2D eigenvalue weighted by atomic mass is 35.5. The van der Waals surface area contributed by atoms with Crippen molar-refractivity contribution >= 4 is 113 Å². The van der Waals surface area contributed by atoms with Gasteiger partial charge in [0.1, 0.15) is 38.9 Å². The summed E-state index contributed by atoms with van der Waals surface area (Å²) in [6.07, 6.45) is 0. The van der Waals surface area contributed by atoms with Crippen molar-refractivity contribution in [2.75, 3.05) is 0 Å². The van der Waals surface area contributed by atoms with Crippen LogP contribution in [-0.4, -0.2) is 63.2 Å². The van der Waals surface area contributed by atoms with E-state index in [0.29, 0.717) is 41.0 Å². The van der Waals surface area contributed by atoms with Crippen molar-refractivity contribution in [1.82, 2.24) is 44.9 Å². The first kappa shape index (κ1) is 57.9. The third-order valence-electron chi connectivity index (χ3n) is 16.8. The van der Waals surface area contributed by atoms with Crippen molar-refractivity contribution in [3.8, 4) is 79.9 Å². The number of furan rings is 2. The molecule has 16 nitrogen and oxygen atoms in total. The minimum atomic E-state index is -0.354. The largest absolute Gasteiger partial charge is 0.494 e. The minimum absolute atomic E-state index is 0.0714. The summed E-state index contributed by atoms with van der Waals surface area (Å²) < 4.78 is 41.8. The Morgan fingerprint density at radius 3 is 0.979 bits per heavy atom. The van der Waals surface area contributed by atoms with Gasteiger partial charge in [0.05, 0.1) is 11.2 Å². The number of aromatic nitrogens is 9. The Kier molecular flexibility index (Phi) is 14.5. The maximum Gasteiger partial charge on any atom is 0.494 e. The summed E-state index contributed by atoms with van der Waals surface area (Å²) in [7, 11) is -0.354. The molecule has 0 spiro atoms. The number of benzene rings is 10. The molecule has 0 amide bonds. The van der Waals surface area contributed by atoms with Crippen LogP contribution in [0.1, 0.15) is 27.7 Å². The number of nitrogens with zero attached hydrogens (tertiary/aromatic N) is 9. The molecule has 0 N–H and O–H groups in total. The molecular weight excluding hydrogens is 1220 g/mol. The second-order valence-corrected chi connectivity index (χ2v) is 24.1. The fourth-order valence-electron chi connectivity index (χ4n) is 11.2. The van der Waals surface area contributed by atoms with E-state index in [4.69, 9.17) is 69.5 Å². The smallest absolute Gasteiger partial charge is 0.456 e. The Hall–Kier alpha value is -11.2. The van der Waals surface area contributed by atoms with Gasteiger partial charge in [0.25, 0.3) is 0 Å². The van der Waals surface area contributed by atoms with Crippen LogP contribution in [0.4, 0.5) is 0 Å². The summed E-state index contributed by atoms with van der Waals surface area (Å²) in [6.45, 7) is 8.22. The lowest BCUT2D eigenvalue weighted by Crippen LogP contribution is -2.41. The molecule has 18 rings (SSSR count). The van der Waals surface area contributed by atoms with Gasteiger partial charge in [-0.3, -0.25) is 0 Å². The van der Waals surface area contributed by atoms with E-state index in [0.717, 1.165) is 122 Å². The molecule has 0 radical (unpaired) electrons. The van der Waals surface area contributed by atoms with Crippen LogP contribution in [0.5, 0.6) is 0 Å². The molecule has 7 aromatic heterocycles. The van der Waals surface area contributed by atoms with Crippen LogP contribution in [0.2, 0.25) is 10.6 Å². The fraction of sp³-hybridized carbons (Fsp3) is 0.0800. The van der Waals surface area contributed by atoms with Gasteiger partial charge in [-0.15, -0.1) is 0 Å². The lowest BCUT2D eigenvalue weighted by atomic mass is 9.79. The molecule has 19 heteroatoms. The SMILES string of the molecule is CC1(C)OB(c2ccc(-c3nc4ccccc4o3)cc2)OC1(C)C.Clc1nc(Cl)nc(-c2ccc3oc4ccccc4c3c2)n1.c1ccc2oc(-c3ccc(-c4nc(-c5ccc(-c6nc7ccccc7o6)cc5)nc(-c5ccc6oc7ccccc7c6c5)n4)cc3)nc2c1. The first-order chi connectivity index (χ1) is 45.8. The van der Waals surface area contributed by atoms with Crippen molar-refractivity contribution in [2.24, 2.45) is 0 Å². The summed E-state index contributed by atoms with van der Waals surface area (Å²) in [5.74, 6) is 3.82. The summed E-state index contributed by atoms with van der Waals surface area (Å²) in [6, 6.07) is 74.7. The average molecular weight is 1270 g/mol. The van der Waals surface area contributed by atoms with E-state index in [-0.39, 0.29) is 28.9 Å². The van der Waals surface area contributed by atoms with Crippen LogP contribution >= 0.6 is 23.2 Å². The van der Waals surface area contributed by atoms with Crippen LogP contribution in [-0.2, 0) is 9.31 Å². The summed E-state index contributed by atoms with van der Waals surface area (Å²) in [4.78, 5) is 40.7. The first-order valence-corrected chi connectivity index (χ1v) is 30.9. The zero-order valence-corrected chi connectivity index (χ0v) is 52.2. The molecule has 0 aliphatic carbocycles. The van der Waals surface area contributed by atoms with Gasteiger partial charge in [-0.2, -0.15) is 15.0 Å². The van der Waals surface area contributed by atoms with E-state index in [2.05, 4.69) is 69.7 Å². The van der Waals surface area contributed by atoms with E-state index in [1.165, 1.54) is 0 Å². The predicted octanol–water partition coefficient (Wildman–Crippen LogP) is 18.9. The lowest BCUT2D eigenvalue weighted by molar-refractivity contribution is 0.00578. The Morgan fingerprint density at radius 1 is 0.277 bits per heavy atom. The number of para-hydroxylation sites is 8. The number of oxazole rings is 3. The van der Waals surface area contributed by atoms with Crippen LogP contribution in [0.15, 0.2) is 253 Å². The van der Waals surface area contributed by atoms with Crippen molar-refractivity contribution in [3.63, 3.8) is 0 Å². The quantitative estimate of drug-likeness (QED) is 0.130. The molecule has 17 aromatic rings. The molecule has 0 bridgehead atoms. The van der Waals surface area contributed by atoms with Crippen LogP contribution in [0.25, 0.3) is 157 Å². The maximum absolute atomic E-state index is 6.08. The number of rotatable bonds is 8. The number of halogens is 2. The first-order valence-electron chi connectivity index (χ1n) is 30.2. The van der Waals surface area contributed by atoms with Crippen LogP contribution < -0.4 is 5.46 Å². The predicted molar refractivity (Wildman–Crippen MR) is 367 cm³/mol. The summed E-state index contributed by atoms with van der Waals surface area (Å²) in [5, 5.41) is 4.22. The Bertz CT molecular complexity index is 5440. The summed E-state index contributed by atoms with van der Waals surface area (Å²) in [5.41, 5.74) is 14.4. The highest BCUT2D eigenvalue weighted by Gasteiger charge is 2.51. The third-order valence-corrected chi connectivity index (χ3v) is 17.2. The van der Waals surface area contributed by atoms with Gasteiger partial charge in [0.15, 0.2) is 40.0 Å². The molecule has 0 saturated carbocycles. The van der Waals surface area contributed by atoms with Crippen LogP contribution in [0, 0.1) is 0 Å². The highest BCUT2D eigenvalue weighted by Crippen LogP contribution is 2.39. The highest BCUT2D eigenvalue weighted by molar-refractivity contribution is 6.62. The molecule has 1 aliphatic rings. The average Bonchev–Trinajstić information content (AvgIpc) is 1.64. The second kappa shape index (κ2) is 23.5. The molecular formula is C75H50BCl2N9O7. The zero-order valence-electron chi connectivity index (χ0n) is 50.7. The van der Waals surface area contributed by atoms with Gasteiger partial charge in [-0.1, -0.05) is 109 Å². The summed E-state index contributed by atoms with van der Waals surface area (Å²) >= 11 is 11.7. The zero-order chi connectivity index (χ0) is 63.7. The fourth-order valence-corrected chi connectivity index (χ4v) is 11.6. The van der Waals surface area contributed by atoms with Gasteiger partial charge in [-0.05, 0) is 178 Å². The van der Waals surface area contributed by atoms with E-state index in [9.17, 15) is 0 Å². The van der Waals surface area contributed by atoms with Crippen molar-refractivity contribution in [3.05, 3.63) is 241 Å². The maximum atomic E-state index is 6.08. The van der Waals surface area contributed by atoms with Crippen molar-refractivity contribution in [1.29, 1.82) is 0 Å². The van der Waals surface area contributed by atoms with Gasteiger partial charge in [-0.25, -0.2) is 29.9 Å². The second-order valence-electron chi connectivity index (χ2n) is 23.4. The Labute approximate surface area is 546 Å². The van der Waals surface area contributed by atoms with E-state index >= 15 is 0 Å². The molecule has 1 saturated heterocycles. The van der Waals surface area contributed by atoms with Gasteiger partial charge in [0.2, 0.25) is 28.2 Å². The van der Waals surface area contributed by atoms with Gasteiger partial charge in [0, 0.05) is 60.5 Å². The molecule has 0 unspecified atom stereocenters.